The number of nitrogens with one attached hydrogen (secondary N) is 3. The van der Waals surface area contributed by atoms with Gasteiger partial charge in [-0.15, -0.1) is 0 Å². The first-order valence-corrected chi connectivity index (χ1v) is 14.0. The van der Waals surface area contributed by atoms with Crippen molar-refractivity contribution in [1.29, 1.82) is 0 Å². The van der Waals surface area contributed by atoms with Crippen LogP contribution in [0.2, 0.25) is 0 Å². The molecule has 1 atom stereocenters. The number of nitrogens with zero attached hydrogens (tertiary/aromatic N) is 1. The number of piperidine rings is 2. The van der Waals surface area contributed by atoms with Gasteiger partial charge in [-0.2, -0.15) is 4.31 Å². The lowest BCUT2D eigenvalue weighted by molar-refractivity contribution is 0.267. The number of sulfonamides is 1. The molecule has 1 aromatic carbocycles. The van der Waals surface area contributed by atoms with E-state index in [4.69, 9.17) is 0 Å². The van der Waals surface area contributed by atoms with Gasteiger partial charge in [0.2, 0.25) is 10.0 Å². The number of hydrogen-bond donors (Lipinski definition) is 3. The Labute approximate surface area is 196 Å². The van der Waals surface area contributed by atoms with Crippen LogP contribution in [0.5, 0.6) is 0 Å². The normalized spacial score (nSPS) is 21.2. The zero-order chi connectivity index (χ0) is 23.0. The van der Waals surface area contributed by atoms with Crippen LogP contribution in [-0.2, 0) is 10.0 Å². The summed E-state index contributed by atoms with van der Waals surface area (Å²) in [5, 5.41) is 10.8. The van der Waals surface area contributed by atoms with Crippen molar-refractivity contribution in [3.63, 3.8) is 0 Å². The summed E-state index contributed by atoms with van der Waals surface area (Å²) in [5.74, 6) is 0.567. The fourth-order valence-corrected chi connectivity index (χ4v) is 7.12. The molecule has 3 rings (SSSR count). The predicted molar refractivity (Wildman–Crippen MR) is 133 cm³/mol. The second-order valence-corrected chi connectivity index (χ2v) is 11.7. The van der Waals surface area contributed by atoms with Crippen molar-refractivity contribution in [1.82, 2.24) is 20.3 Å². The number of unbranched alkanes of at least 4 members (excludes halogenated alkanes) is 1. The van der Waals surface area contributed by atoms with E-state index in [1.165, 1.54) is 38.6 Å². The largest absolute Gasteiger partial charge is 0.316 e. The summed E-state index contributed by atoms with van der Waals surface area (Å²) in [6, 6.07) is 4.60. The van der Waals surface area contributed by atoms with E-state index in [0.717, 1.165) is 55.7 Å². The van der Waals surface area contributed by atoms with E-state index in [0.29, 0.717) is 29.9 Å². The molecule has 0 bridgehead atoms. The molecule has 0 saturated carbocycles. The van der Waals surface area contributed by atoms with E-state index in [9.17, 15) is 8.42 Å². The van der Waals surface area contributed by atoms with Crippen molar-refractivity contribution in [2.45, 2.75) is 76.7 Å². The SMILES string of the molecule is Cc1cc(C)c(S(=O)(=O)N2CCC(CNCCCCNCC3CCCCN3)CC2)c(C)c1. The monoisotopic (exact) mass is 464 g/mol. The van der Waals surface area contributed by atoms with Crippen LogP contribution in [0, 0.1) is 26.7 Å². The first kappa shape index (κ1) is 25.6. The molecule has 0 aliphatic carbocycles. The fraction of sp³-hybridized carbons (Fsp3) is 0.760. The molecule has 0 radical (unpaired) electrons. The Hall–Kier alpha value is -0.990. The van der Waals surface area contributed by atoms with Crippen LogP contribution in [0.15, 0.2) is 17.0 Å². The van der Waals surface area contributed by atoms with Gasteiger partial charge in [-0.05, 0) is 103 Å². The molecule has 2 aliphatic heterocycles. The van der Waals surface area contributed by atoms with Crippen LogP contribution in [-0.4, -0.2) is 64.6 Å². The number of benzene rings is 1. The van der Waals surface area contributed by atoms with Crippen LogP contribution in [0.4, 0.5) is 0 Å². The van der Waals surface area contributed by atoms with Crippen molar-refractivity contribution < 1.29 is 8.42 Å². The molecular weight excluding hydrogens is 420 g/mol. The Morgan fingerprint density at radius 2 is 1.56 bits per heavy atom. The minimum Gasteiger partial charge on any atom is -0.316 e. The van der Waals surface area contributed by atoms with Gasteiger partial charge in [-0.3, -0.25) is 0 Å². The topological polar surface area (TPSA) is 73.5 Å². The van der Waals surface area contributed by atoms with Crippen LogP contribution in [0.25, 0.3) is 0 Å². The Bertz CT molecular complexity index is 790. The molecule has 1 unspecified atom stereocenters. The van der Waals surface area contributed by atoms with Crippen LogP contribution in [0.1, 0.15) is 61.6 Å². The molecule has 182 valence electrons. The summed E-state index contributed by atoms with van der Waals surface area (Å²) in [5.41, 5.74) is 2.83. The summed E-state index contributed by atoms with van der Waals surface area (Å²) in [7, 11) is -3.41. The number of rotatable bonds is 11. The second kappa shape index (κ2) is 12.5. The summed E-state index contributed by atoms with van der Waals surface area (Å²) >= 11 is 0. The van der Waals surface area contributed by atoms with Gasteiger partial charge < -0.3 is 16.0 Å². The van der Waals surface area contributed by atoms with Gasteiger partial charge in [0.1, 0.15) is 0 Å². The summed E-state index contributed by atoms with van der Waals surface area (Å²) in [6.45, 7) is 12.5. The Kier molecular flexibility index (Phi) is 9.98. The van der Waals surface area contributed by atoms with E-state index < -0.39 is 10.0 Å². The Morgan fingerprint density at radius 3 is 2.16 bits per heavy atom. The highest BCUT2D eigenvalue weighted by molar-refractivity contribution is 7.89. The molecule has 0 aromatic heterocycles. The molecule has 0 amide bonds. The van der Waals surface area contributed by atoms with Crippen LogP contribution >= 0.6 is 0 Å². The van der Waals surface area contributed by atoms with Gasteiger partial charge in [0.15, 0.2) is 0 Å². The maximum atomic E-state index is 13.2. The lowest BCUT2D eigenvalue weighted by Gasteiger charge is -2.32. The maximum absolute atomic E-state index is 13.2. The van der Waals surface area contributed by atoms with Gasteiger partial charge in [-0.25, -0.2) is 8.42 Å². The van der Waals surface area contributed by atoms with Gasteiger partial charge in [-0.1, -0.05) is 24.1 Å². The average Bonchev–Trinajstić information content (AvgIpc) is 2.75. The molecular formula is C25H44N4O2S. The third-order valence-corrected chi connectivity index (χ3v) is 9.17. The number of hydrogen-bond acceptors (Lipinski definition) is 5. The summed E-state index contributed by atoms with van der Waals surface area (Å²) in [4.78, 5) is 0.507. The van der Waals surface area contributed by atoms with Crippen LogP contribution in [0.3, 0.4) is 0 Å². The van der Waals surface area contributed by atoms with Crippen LogP contribution < -0.4 is 16.0 Å². The fourth-order valence-electron chi connectivity index (χ4n) is 5.24. The van der Waals surface area contributed by atoms with Crippen molar-refractivity contribution in [3.8, 4) is 0 Å². The average molecular weight is 465 g/mol. The molecule has 2 saturated heterocycles. The molecule has 0 spiro atoms. The molecule has 3 N–H and O–H groups in total. The van der Waals surface area contributed by atoms with Crippen molar-refractivity contribution >= 4 is 10.0 Å². The highest BCUT2D eigenvalue weighted by Crippen LogP contribution is 2.28. The number of aryl methyl sites for hydroxylation is 3. The van der Waals surface area contributed by atoms with Crippen molar-refractivity contribution in [2.75, 3.05) is 45.8 Å². The molecule has 2 aliphatic rings. The van der Waals surface area contributed by atoms with E-state index in [2.05, 4.69) is 16.0 Å². The molecule has 32 heavy (non-hydrogen) atoms. The first-order valence-electron chi connectivity index (χ1n) is 12.6. The zero-order valence-electron chi connectivity index (χ0n) is 20.4. The molecule has 1 aromatic rings. The Morgan fingerprint density at radius 1 is 0.938 bits per heavy atom. The van der Waals surface area contributed by atoms with Gasteiger partial charge in [0, 0.05) is 25.7 Å². The summed E-state index contributed by atoms with van der Waals surface area (Å²) < 4.78 is 28.2. The lowest BCUT2D eigenvalue weighted by atomic mass is 9.98. The van der Waals surface area contributed by atoms with Gasteiger partial charge in [0.25, 0.3) is 0 Å². The molecule has 7 heteroatoms. The summed E-state index contributed by atoms with van der Waals surface area (Å²) in [6.07, 6.45) is 8.25. The van der Waals surface area contributed by atoms with Crippen molar-refractivity contribution in [3.05, 3.63) is 28.8 Å². The smallest absolute Gasteiger partial charge is 0.243 e. The third kappa shape index (κ3) is 7.26. The zero-order valence-corrected chi connectivity index (χ0v) is 21.2. The Balaban J connectivity index is 1.30. The maximum Gasteiger partial charge on any atom is 0.243 e. The van der Waals surface area contributed by atoms with E-state index in [1.54, 1.807) is 4.31 Å². The predicted octanol–water partition coefficient (Wildman–Crippen LogP) is 3.11. The minimum atomic E-state index is -3.41. The second-order valence-electron chi connectivity index (χ2n) is 9.84. The lowest BCUT2D eigenvalue weighted by Crippen LogP contribution is -2.42. The molecule has 2 heterocycles. The standard InChI is InChI=1S/C25H44N4O2S/c1-20-16-21(2)25(22(3)17-20)32(30,31)29-14-9-23(10-15-29)18-26-11-6-7-12-27-19-24-8-4-5-13-28-24/h16-17,23-24,26-28H,4-15,18-19H2,1-3H3. The first-order chi connectivity index (χ1) is 15.4. The quantitative estimate of drug-likeness (QED) is 0.439. The molecule has 2 fully saturated rings. The highest BCUT2D eigenvalue weighted by Gasteiger charge is 2.31. The van der Waals surface area contributed by atoms with E-state index in [1.807, 2.05) is 32.9 Å². The van der Waals surface area contributed by atoms with E-state index >= 15 is 0 Å². The minimum absolute atomic E-state index is 0.507. The van der Waals surface area contributed by atoms with E-state index in [-0.39, 0.29) is 0 Å². The highest BCUT2D eigenvalue weighted by atomic mass is 32.2. The van der Waals surface area contributed by atoms with Crippen molar-refractivity contribution in [2.24, 2.45) is 5.92 Å². The van der Waals surface area contributed by atoms with Gasteiger partial charge >= 0.3 is 0 Å². The third-order valence-electron chi connectivity index (χ3n) is 6.97. The molecule has 6 nitrogen and oxygen atoms in total. The van der Waals surface area contributed by atoms with Gasteiger partial charge in [0.05, 0.1) is 4.90 Å².